The van der Waals surface area contributed by atoms with E-state index in [1.165, 1.54) is 21.7 Å². The van der Waals surface area contributed by atoms with Crippen LogP contribution in [0.15, 0.2) is 51.7 Å². The second-order valence-electron chi connectivity index (χ2n) is 7.65. The summed E-state index contributed by atoms with van der Waals surface area (Å²) < 4.78 is 6.43. The molecule has 5 rings (SSSR count). The number of para-hydroxylation sites is 1. The lowest BCUT2D eigenvalue weighted by Crippen LogP contribution is -3.13. The van der Waals surface area contributed by atoms with Gasteiger partial charge in [0.05, 0.1) is 29.9 Å². The number of aromatic nitrogens is 1. The predicted molar refractivity (Wildman–Crippen MR) is 116 cm³/mol. The first-order valence-electron chi connectivity index (χ1n) is 9.89. The van der Waals surface area contributed by atoms with Gasteiger partial charge >= 0.3 is 5.63 Å². The van der Waals surface area contributed by atoms with Crippen LogP contribution in [0.1, 0.15) is 10.6 Å². The highest BCUT2D eigenvalue weighted by Crippen LogP contribution is 2.28. The molecule has 0 radical (unpaired) electrons. The van der Waals surface area contributed by atoms with Crippen molar-refractivity contribution in [2.24, 2.45) is 0 Å². The van der Waals surface area contributed by atoms with Crippen molar-refractivity contribution in [1.29, 1.82) is 0 Å². The van der Waals surface area contributed by atoms with E-state index in [9.17, 15) is 9.90 Å². The number of fused-ring (bicyclic) bond motifs is 2. The fraction of sp³-hybridized carbons (Fsp3) is 0.273. The van der Waals surface area contributed by atoms with Crippen molar-refractivity contribution >= 4 is 44.1 Å². The molecule has 1 aliphatic heterocycles. The zero-order chi connectivity index (χ0) is 20.7. The summed E-state index contributed by atoms with van der Waals surface area (Å²) in [7, 11) is 0. The zero-order valence-electron chi connectivity index (χ0n) is 16.2. The van der Waals surface area contributed by atoms with Crippen LogP contribution in [0.5, 0.6) is 5.75 Å². The van der Waals surface area contributed by atoms with E-state index in [4.69, 9.17) is 21.0 Å². The molecule has 8 heteroatoms. The minimum atomic E-state index is -0.437. The topological polar surface area (TPSA) is 73.8 Å². The third-order valence-electron chi connectivity index (χ3n) is 5.58. The maximum Gasteiger partial charge on any atom is 0.336 e. The van der Waals surface area contributed by atoms with Crippen molar-refractivity contribution in [1.82, 2.24) is 9.88 Å². The maximum absolute atomic E-state index is 11.9. The van der Waals surface area contributed by atoms with Crippen LogP contribution in [0.4, 0.5) is 0 Å². The van der Waals surface area contributed by atoms with E-state index in [2.05, 4.69) is 17.0 Å². The third kappa shape index (κ3) is 3.94. The van der Waals surface area contributed by atoms with Crippen LogP contribution in [-0.2, 0) is 13.1 Å². The summed E-state index contributed by atoms with van der Waals surface area (Å²) >= 11 is 7.77. The van der Waals surface area contributed by atoms with Crippen molar-refractivity contribution < 1.29 is 14.4 Å². The summed E-state index contributed by atoms with van der Waals surface area (Å²) in [6.07, 6.45) is 0. The highest BCUT2D eigenvalue weighted by molar-refractivity contribution is 7.18. The number of nitrogens with zero attached hydrogens (tertiary/aromatic N) is 2. The lowest BCUT2D eigenvalue weighted by Gasteiger charge is -2.31. The van der Waals surface area contributed by atoms with E-state index in [1.54, 1.807) is 17.4 Å². The van der Waals surface area contributed by atoms with E-state index in [0.29, 0.717) is 12.1 Å². The maximum atomic E-state index is 11.9. The molecular formula is C22H20ClN3O3S. The van der Waals surface area contributed by atoms with Gasteiger partial charge in [0.2, 0.25) is 0 Å². The average Bonchev–Trinajstić information content (AvgIpc) is 3.13. The Kier molecular flexibility index (Phi) is 5.20. The third-order valence-corrected chi connectivity index (χ3v) is 6.90. The molecule has 0 amide bonds. The summed E-state index contributed by atoms with van der Waals surface area (Å²) in [6, 6.07) is 12.7. The second kappa shape index (κ2) is 8.00. The molecule has 0 unspecified atom stereocenters. The van der Waals surface area contributed by atoms with Gasteiger partial charge in [-0.2, -0.15) is 0 Å². The van der Waals surface area contributed by atoms with Crippen LogP contribution in [-0.4, -0.2) is 36.1 Å². The normalized spacial score (nSPS) is 15.9. The minimum absolute atomic E-state index is 0.147. The van der Waals surface area contributed by atoms with Gasteiger partial charge in [-0.1, -0.05) is 29.5 Å². The van der Waals surface area contributed by atoms with E-state index in [1.807, 2.05) is 12.1 Å². The van der Waals surface area contributed by atoms with E-state index in [-0.39, 0.29) is 10.8 Å². The molecule has 0 atom stereocenters. The van der Waals surface area contributed by atoms with Gasteiger partial charge in [-0.25, -0.2) is 9.78 Å². The molecule has 0 aliphatic carbocycles. The van der Waals surface area contributed by atoms with Crippen molar-refractivity contribution in [3.8, 4) is 5.75 Å². The Morgan fingerprint density at radius 2 is 2.00 bits per heavy atom. The van der Waals surface area contributed by atoms with Gasteiger partial charge in [-0.05, 0) is 24.3 Å². The Hall–Kier alpha value is -2.45. The first-order chi connectivity index (χ1) is 14.5. The van der Waals surface area contributed by atoms with Crippen LogP contribution in [0, 0.1) is 0 Å². The second-order valence-corrected chi connectivity index (χ2v) is 9.17. The van der Waals surface area contributed by atoms with Gasteiger partial charge in [-0.3, -0.25) is 4.90 Å². The zero-order valence-corrected chi connectivity index (χ0v) is 17.8. The van der Waals surface area contributed by atoms with Crippen molar-refractivity contribution in [2.45, 2.75) is 13.1 Å². The van der Waals surface area contributed by atoms with Crippen LogP contribution in [0.2, 0.25) is 5.02 Å². The Labute approximate surface area is 181 Å². The van der Waals surface area contributed by atoms with Gasteiger partial charge in [0, 0.05) is 35.1 Å². The number of piperazine rings is 1. The number of hydrogen-bond donors (Lipinski definition) is 1. The highest BCUT2D eigenvalue weighted by Gasteiger charge is 2.22. The van der Waals surface area contributed by atoms with E-state index in [0.717, 1.165) is 54.2 Å². The summed E-state index contributed by atoms with van der Waals surface area (Å²) in [5, 5.41) is 13.8. The molecule has 0 bridgehead atoms. The SMILES string of the molecule is O=c1cc(C[NH+]2CCN(Cc3nc4ccccc4s3)CC2)c2cc(Cl)c([O-])cc2o1. The molecule has 4 aromatic rings. The first kappa shape index (κ1) is 19.5. The quantitative estimate of drug-likeness (QED) is 0.490. The molecule has 0 saturated carbocycles. The number of thiazole rings is 1. The van der Waals surface area contributed by atoms with Gasteiger partial charge in [0.25, 0.3) is 0 Å². The summed E-state index contributed by atoms with van der Waals surface area (Å²) in [5.74, 6) is -0.333. The van der Waals surface area contributed by atoms with Crippen molar-refractivity contribution in [2.75, 3.05) is 26.2 Å². The van der Waals surface area contributed by atoms with Crippen LogP contribution in [0.3, 0.4) is 0 Å². The number of rotatable bonds is 4. The number of quaternary nitrogens is 1. The molecular weight excluding hydrogens is 422 g/mol. The molecule has 154 valence electrons. The molecule has 2 aromatic carbocycles. The van der Waals surface area contributed by atoms with Crippen LogP contribution in [0.25, 0.3) is 21.2 Å². The molecule has 6 nitrogen and oxygen atoms in total. The summed E-state index contributed by atoms with van der Waals surface area (Å²) in [6.45, 7) is 5.45. The molecule has 1 aliphatic rings. The molecule has 1 fully saturated rings. The number of hydrogen-bond acceptors (Lipinski definition) is 6. The van der Waals surface area contributed by atoms with Gasteiger partial charge in [-0.15, -0.1) is 11.3 Å². The van der Waals surface area contributed by atoms with Gasteiger partial charge in [0.1, 0.15) is 17.1 Å². The molecule has 0 spiro atoms. The Bertz CT molecular complexity index is 1240. The number of nitrogens with one attached hydrogen (secondary N) is 1. The number of halogens is 1. The lowest BCUT2D eigenvalue weighted by atomic mass is 10.1. The summed E-state index contributed by atoms with van der Waals surface area (Å²) in [5.41, 5.74) is 1.81. The predicted octanol–water partition coefficient (Wildman–Crippen LogP) is 2.03. The summed E-state index contributed by atoms with van der Waals surface area (Å²) in [4.78, 5) is 20.5. The standard InChI is InChI=1S/C22H20ClN3O3S/c23-16-10-15-14(9-22(28)29-19(15)11-18(16)27)12-25-5-7-26(8-6-25)13-21-24-17-3-1-2-4-20(17)30-21/h1-4,9-11,27H,5-8,12-13H2. The number of benzene rings is 2. The molecule has 3 heterocycles. The lowest BCUT2D eigenvalue weighted by molar-refractivity contribution is -0.918. The Morgan fingerprint density at radius 3 is 2.80 bits per heavy atom. The first-order valence-corrected chi connectivity index (χ1v) is 11.1. The van der Waals surface area contributed by atoms with Gasteiger partial charge < -0.3 is 14.4 Å². The molecule has 1 saturated heterocycles. The molecule has 2 aromatic heterocycles. The van der Waals surface area contributed by atoms with Crippen molar-refractivity contribution in [3.63, 3.8) is 0 Å². The minimum Gasteiger partial charge on any atom is -0.871 e. The smallest absolute Gasteiger partial charge is 0.336 e. The molecule has 1 N–H and O–H groups in total. The Balaban J connectivity index is 1.27. The van der Waals surface area contributed by atoms with Crippen molar-refractivity contribution in [3.05, 3.63) is 68.5 Å². The fourth-order valence-corrected chi connectivity index (χ4v) is 5.20. The van der Waals surface area contributed by atoms with Crippen LogP contribution < -0.4 is 15.6 Å². The van der Waals surface area contributed by atoms with Gasteiger partial charge in [0.15, 0.2) is 0 Å². The van der Waals surface area contributed by atoms with E-state index < -0.39 is 5.63 Å². The molecule has 30 heavy (non-hydrogen) atoms. The average molecular weight is 442 g/mol. The van der Waals surface area contributed by atoms with Crippen LogP contribution >= 0.6 is 22.9 Å². The highest BCUT2D eigenvalue weighted by atomic mass is 35.5. The largest absolute Gasteiger partial charge is 0.871 e. The monoisotopic (exact) mass is 441 g/mol. The Morgan fingerprint density at radius 1 is 1.20 bits per heavy atom. The van der Waals surface area contributed by atoms with E-state index >= 15 is 0 Å². The fourth-order valence-electron chi connectivity index (χ4n) is 4.03.